The lowest BCUT2D eigenvalue weighted by molar-refractivity contribution is -0.143. The number of esters is 1. The van der Waals surface area contributed by atoms with Crippen molar-refractivity contribution < 1.29 is 9.53 Å². The van der Waals surface area contributed by atoms with Crippen molar-refractivity contribution in [2.75, 3.05) is 6.61 Å². The molecule has 0 bridgehead atoms. The lowest BCUT2D eigenvalue weighted by atomic mass is 9.81. The van der Waals surface area contributed by atoms with Crippen molar-refractivity contribution in [2.45, 2.75) is 19.2 Å². The molecule has 0 saturated carbocycles. The van der Waals surface area contributed by atoms with Crippen molar-refractivity contribution in [3.63, 3.8) is 0 Å². The quantitative estimate of drug-likeness (QED) is 0.619. The average molecular weight is 267 g/mol. The maximum atomic E-state index is 11.5. The van der Waals surface area contributed by atoms with E-state index >= 15 is 0 Å². The first-order valence-electron chi connectivity index (χ1n) is 4.83. The highest BCUT2D eigenvalue weighted by Crippen LogP contribution is 2.18. The van der Waals surface area contributed by atoms with Gasteiger partial charge in [-0.05, 0) is 24.1 Å². The van der Waals surface area contributed by atoms with E-state index in [1.165, 1.54) is 0 Å². The zero-order valence-corrected chi connectivity index (χ0v) is 10.2. The molecule has 2 nitrogen and oxygen atoms in total. The smallest absolute Gasteiger partial charge is 0.304 e. The van der Waals surface area contributed by atoms with Crippen LogP contribution in [0.3, 0.4) is 0 Å². The Morgan fingerprint density at radius 3 is 2.93 bits per heavy atom. The molecule has 0 aromatic heterocycles. The number of hydrogen-bond donors (Lipinski definition) is 0. The number of benzene rings is 1. The third-order valence-corrected chi connectivity index (χ3v) is 2.40. The molecule has 0 amide bonds. The van der Waals surface area contributed by atoms with Gasteiger partial charge in [0, 0.05) is 10.3 Å². The van der Waals surface area contributed by atoms with E-state index in [1.54, 1.807) is 0 Å². The first-order chi connectivity index (χ1) is 7.15. The van der Waals surface area contributed by atoms with E-state index < -0.39 is 5.82 Å². The maximum Gasteiger partial charge on any atom is 0.304 e. The van der Waals surface area contributed by atoms with Crippen molar-refractivity contribution in [3.05, 3.63) is 34.3 Å². The zero-order chi connectivity index (χ0) is 11.3. The Morgan fingerprint density at radius 2 is 2.33 bits per heavy atom. The minimum absolute atomic E-state index is 0.380. The highest BCUT2D eigenvalue weighted by molar-refractivity contribution is 9.10. The fraction of sp³-hybridized carbons (Fsp3) is 0.364. The van der Waals surface area contributed by atoms with Gasteiger partial charge in [-0.2, -0.15) is 0 Å². The Morgan fingerprint density at radius 1 is 1.60 bits per heavy atom. The second-order valence-corrected chi connectivity index (χ2v) is 4.12. The number of rotatable bonds is 4. The normalized spacial score (nSPS) is 12.1. The third-order valence-electron chi connectivity index (χ3n) is 1.91. The predicted molar refractivity (Wildman–Crippen MR) is 63.9 cm³/mol. The van der Waals surface area contributed by atoms with Gasteiger partial charge in [0.15, 0.2) is 0 Å². The maximum absolute atomic E-state index is 11.5. The molecule has 2 radical (unpaired) electrons. The molecule has 4 heteroatoms. The predicted octanol–water partition coefficient (Wildman–Crippen LogP) is 2.61. The summed E-state index contributed by atoms with van der Waals surface area (Å²) in [6.45, 7) is 2.36. The fourth-order valence-electron chi connectivity index (χ4n) is 1.13. The summed E-state index contributed by atoms with van der Waals surface area (Å²) in [5.41, 5.74) is 0.755. The van der Waals surface area contributed by atoms with Crippen LogP contribution < -0.4 is 0 Å². The molecule has 78 valence electrons. The Kier molecular flexibility index (Phi) is 4.89. The van der Waals surface area contributed by atoms with E-state index in [9.17, 15) is 4.79 Å². The minimum atomic E-state index is -0.700. The lowest BCUT2D eigenvalue weighted by Gasteiger charge is -2.11. The van der Waals surface area contributed by atoms with Gasteiger partial charge in [0.1, 0.15) is 0 Å². The first-order valence-corrected chi connectivity index (χ1v) is 5.62. The van der Waals surface area contributed by atoms with Gasteiger partial charge in [-0.25, -0.2) is 0 Å². The molecule has 0 N–H and O–H groups in total. The third kappa shape index (κ3) is 3.70. The molecule has 15 heavy (non-hydrogen) atoms. The van der Waals surface area contributed by atoms with Crippen LogP contribution in [0, 0.1) is 0 Å². The summed E-state index contributed by atoms with van der Waals surface area (Å²) in [5, 5.41) is 0. The Labute approximate surface area is 99.6 Å². The molecule has 0 fully saturated rings. The molecule has 0 aliphatic rings. The number of carbonyl (C=O) groups excluding carboxylic acids is 1. The van der Waals surface area contributed by atoms with Crippen molar-refractivity contribution in [3.8, 4) is 0 Å². The Hall–Kier alpha value is -0.765. The van der Waals surface area contributed by atoms with E-state index in [0.717, 1.165) is 16.5 Å². The average Bonchev–Trinajstić information content (AvgIpc) is 2.24. The highest BCUT2D eigenvalue weighted by Gasteiger charge is 2.15. The second-order valence-electron chi connectivity index (χ2n) is 3.20. The van der Waals surface area contributed by atoms with E-state index in [0.29, 0.717) is 6.61 Å². The van der Waals surface area contributed by atoms with Crippen LogP contribution in [0.4, 0.5) is 0 Å². The molecule has 1 atom stereocenters. The molecule has 1 aromatic rings. The summed E-state index contributed by atoms with van der Waals surface area (Å²) in [4.78, 5) is 11.5. The summed E-state index contributed by atoms with van der Waals surface area (Å²) >= 11 is 3.32. The van der Waals surface area contributed by atoms with E-state index in [-0.39, 0.29) is 5.97 Å². The van der Waals surface area contributed by atoms with Crippen molar-refractivity contribution >= 4 is 29.7 Å². The first kappa shape index (κ1) is 12.3. The van der Waals surface area contributed by atoms with Crippen LogP contribution in [0.5, 0.6) is 0 Å². The second kappa shape index (κ2) is 5.96. The number of halogens is 1. The summed E-state index contributed by atoms with van der Waals surface area (Å²) < 4.78 is 5.87. The SMILES string of the molecule is [B]C(C(=O)OCCC)c1cccc(Br)c1. The summed E-state index contributed by atoms with van der Waals surface area (Å²) in [7, 11) is 5.75. The molecular weight excluding hydrogens is 255 g/mol. The molecule has 0 aliphatic carbocycles. The van der Waals surface area contributed by atoms with Gasteiger partial charge in [-0.3, -0.25) is 4.79 Å². The van der Waals surface area contributed by atoms with E-state index in [2.05, 4.69) is 15.9 Å². The van der Waals surface area contributed by atoms with Crippen LogP contribution in [-0.4, -0.2) is 20.4 Å². The molecule has 1 aromatic carbocycles. The molecule has 0 spiro atoms. The van der Waals surface area contributed by atoms with Gasteiger partial charge in [0.25, 0.3) is 0 Å². The molecule has 0 heterocycles. The number of hydrogen-bond acceptors (Lipinski definition) is 2. The van der Waals surface area contributed by atoms with Crippen molar-refractivity contribution in [1.29, 1.82) is 0 Å². The molecule has 0 saturated heterocycles. The van der Waals surface area contributed by atoms with Crippen LogP contribution in [0.15, 0.2) is 28.7 Å². The summed E-state index contributed by atoms with van der Waals surface area (Å²) in [6.07, 6.45) is 0.803. The summed E-state index contributed by atoms with van der Waals surface area (Å²) in [5.74, 6) is -1.08. The summed E-state index contributed by atoms with van der Waals surface area (Å²) in [6, 6.07) is 7.35. The molecule has 1 rings (SSSR count). The molecule has 1 unspecified atom stereocenters. The van der Waals surface area contributed by atoms with Crippen molar-refractivity contribution in [2.24, 2.45) is 0 Å². The molecule has 0 aliphatic heterocycles. The Balaban J connectivity index is 2.67. The largest absolute Gasteiger partial charge is 0.466 e. The topological polar surface area (TPSA) is 26.3 Å². The van der Waals surface area contributed by atoms with Crippen LogP contribution >= 0.6 is 15.9 Å². The van der Waals surface area contributed by atoms with Gasteiger partial charge >= 0.3 is 5.97 Å². The number of ether oxygens (including phenoxy) is 1. The van der Waals surface area contributed by atoms with Gasteiger partial charge in [0.05, 0.1) is 14.5 Å². The lowest BCUT2D eigenvalue weighted by Crippen LogP contribution is -2.16. The van der Waals surface area contributed by atoms with Gasteiger partial charge in [-0.15, -0.1) is 0 Å². The van der Waals surface area contributed by atoms with Crippen LogP contribution in [0.25, 0.3) is 0 Å². The van der Waals surface area contributed by atoms with E-state index in [4.69, 9.17) is 12.6 Å². The minimum Gasteiger partial charge on any atom is -0.466 e. The molecular formula is C11H12BBrO2. The highest BCUT2D eigenvalue weighted by atomic mass is 79.9. The van der Waals surface area contributed by atoms with Crippen LogP contribution in [0.1, 0.15) is 24.7 Å². The van der Waals surface area contributed by atoms with Gasteiger partial charge in [-0.1, -0.05) is 35.0 Å². The van der Waals surface area contributed by atoms with Crippen LogP contribution in [0.2, 0.25) is 0 Å². The fourth-order valence-corrected chi connectivity index (χ4v) is 1.55. The standard InChI is InChI=1S/C11H12BBrO2/c1-2-6-15-11(14)10(12)8-4-3-5-9(13)7-8/h3-5,7,10H,2,6H2,1H3. The van der Waals surface area contributed by atoms with E-state index in [1.807, 2.05) is 31.2 Å². The zero-order valence-electron chi connectivity index (χ0n) is 8.57. The van der Waals surface area contributed by atoms with Gasteiger partial charge in [0.2, 0.25) is 0 Å². The van der Waals surface area contributed by atoms with Crippen LogP contribution in [-0.2, 0) is 9.53 Å². The monoisotopic (exact) mass is 266 g/mol. The number of carbonyl (C=O) groups is 1. The van der Waals surface area contributed by atoms with Gasteiger partial charge < -0.3 is 4.74 Å². The Bertz CT molecular complexity index is 341. The van der Waals surface area contributed by atoms with Crippen molar-refractivity contribution in [1.82, 2.24) is 0 Å².